The summed E-state index contributed by atoms with van der Waals surface area (Å²) in [4.78, 5) is 0. The van der Waals surface area contributed by atoms with Gasteiger partial charge in [-0.1, -0.05) is 0 Å². The van der Waals surface area contributed by atoms with Gasteiger partial charge in [0.05, 0.1) is 5.56 Å². The van der Waals surface area contributed by atoms with Crippen LogP contribution in [0.2, 0.25) is 0 Å². The highest BCUT2D eigenvalue weighted by molar-refractivity contribution is 7.80. The normalized spacial score (nSPS) is 11.1. The van der Waals surface area contributed by atoms with Gasteiger partial charge in [-0.3, -0.25) is 0 Å². The smallest absolute Gasteiger partial charge is 0.363 e. The number of benzene rings is 1. The Kier molecular flexibility index (Phi) is 4.28. The van der Waals surface area contributed by atoms with Gasteiger partial charge in [-0.15, -0.1) is 0 Å². The van der Waals surface area contributed by atoms with Crippen molar-refractivity contribution >= 4 is 23.0 Å². The van der Waals surface area contributed by atoms with Crippen molar-refractivity contribution in [2.24, 2.45) is 0 Å². The molecule has 2 nitrogen and oxygen atoms in total. The van der Waals surface area contributed by atoms with E-state index in [0.717, 1.165) is 6.07 Å². The lowest BCUT2D eigenvalue weighted by Gasteiger charge is -2.12. The molecule has 7 heteroatoms. The summed E-state index contributed by atoms with van der Waals surface area (Å²) in [5, 5.41) is 5.44. The first-order valence-corrected chi connectivity index (χ1v) is 5.17. The summed E-state index contributed by atoms with van der Waals surface area (Å²) in [5.41, 5.74) is -1.23. The van der Waals surface area contributed by atoms with Crippen molar-refractivity contribution in [2.45, 2.75) is 13.1 Å². The van der Waals surface area contributed by atoms with Crippen molar-refractivity contribution in [3.05, 3.63) is 29.6 Å². The summed E-state index contributed by atoms with van der Waals surface area (Å²) in [6, 6.07) is 2.62. The fourth-order valence-electron chi connectivity index (χ4n) is 1.16. The zero-order chi connectivity index (χ0) is 13.1. The maximum Gasteiger partial charge on any atom is 0.419 e. The van der Waals surface area contributed by atoms with Gasteiger partial charge in [0.2, 0.25) is 0 Å². The zero-order valence-electron chi connectivity index (χ0n) is 8.86. The molecule has 94 valence electrons. The van der Waals surface area contributed by atoms with Crippen LogP contribution in [0.5, 0.6) is 0 Å². The summed E-state index contributed by atoms with van der Waals surface area (Å²) in [7, 11) is 0. The molecule has 0 unspecified atom stereocenters. The van der Waals surface area contributed by atoms with Gasteiger partial charge >= 0.3 is 6.18 Å². The first-order chi connectivity index (χ1) is 7.84. The van der Waals surface area contributed by atoms with Crippen molar-refractivity contribution in [1.82, 2.24) is 5.32 Å². The molecule has 0 radical (unpaired) electrons. The van der Waals surface area contributed by atoms with E-state index in [4.69, 9.17) is 12.2 Å². The van der Waals surface area contributed by atoms with E-state index in [-0.39, 0.29) is 10.8 Å². The summed E-state index contributed by atoms with van der Waals surface area (Å²) in [6.07, 6.45) is -4.72. The average molecular weight is 266 g/mol. The third-order valence-corrected chi connectivity index (χ3v) is 2.11. The molecule has 0 saturated carbocycles. The molecular weight excluding hydrogens is 256 g/mol. The Morgan fingerprint density at radius 3 is 2.53 bits per heavy atom. The van der Waals surface area contributed by atoms with Gasteiger partial charge in [0.15, 0.2) is 5.11 Å². The molecule has 0 fully saturated rings. The number of anilines is 1. The highest BCUT2D eigenvalue weighted by Gasteiger charge is 2.34. The Bertz CT molecular complexity index is 417. The molecule has 1 aromatic rings. The number of thiocarbonyl (C=S) groups is 1. The van der Waals surface area contributed by atoms with Crippen LogP contribution in [0, 0.1) is 5.82 Å². The van der Waals surface area contributed by atoms with Crippen LogP contribution >= 0.6 is 12.2 Å². The van der Waals surface area contributed by atoms with E-state index in [2.05, 4.69) is 10.6 Å². The van der Waals surface area contributed by atoms with E-state index in [0.29, 0.717) is 12.6 Å². The number of hydrogen-bond donors (Lipinski definition) is 2. The first kappa shape index (κ1) is 13.7. The second-order valence-corrected chi connectivity index (χ2v) is 3.59. The molecule has 17 heavy (non-hydrogen) atoms. The molecule has 0 aliphatic rings. The van der Waals surface area contributed by atoms with Crippen molar-refractivity contribution < 1.29 is 17.6 Å². The molecule has 0 aliphatic heterocycles. The lowest BCUT2D eigenvalue weighted by atomic mass is 10.2. The SMILES string of the molecule is CCNC(=S)Nc1ccc(F)c(C(F)(F)F)c1. The minimum absolute atomic E-state index is 0.0877. The van der Waals surface area contributed by atoms with Crippen molar-refractivity contribution in [2.75, 3.05) is 11.9 Å². The highest BCUT2D eigenvalue weighted by Crippen LogP contribution is 2.32. The van der Waals surface area contributed by atoms with Gasteiger partial charge in [0.25, 0.3) is 0 Å². The maximum absolute atomic E-state index is 13.0. The molecule has 0 bridgehead atoms. The minimum atomic E-state index is -4.72. The van der Waals surface area contributed by atoms with E-state index in [1.54, 1.807) is 6.92 Å². The van der Waals surface area contributed by atoms with Crippen molar-refractivity contribution in [3.63, 3.8) is 0 Å². The van der Waals surface area contributed by atoms with E-state index >= 15 is 0 Å². The molecule has 0 saturated heterocycles. The van der Waals surface area contributed by atoms with E-state index in [9.17, 15) is 17.6 Å². The molecule has 0 aliphatic carbocycles. The van der Waals surface area contributed by atoms with Gasteiger partial charge in [0.1, 0.15) is 5.82 Å². The summed E-state index contributed by atoms with van der Waals surface area (Å²) in [6.45, 7) is 2.33. The summed E-state index contributed by atoms with van der Waals surface area (Å²) >= 11 is 4.81. The van der Waals surface area contributed by atoms with Gasteiger partial charge in [-0.2, -0.15) is 13.2 Å². The fraction of sp³-hybridized carbons (Fsp3) is 0.300. The Balaban J connectivity index is 2.93. The van der Waals surface area contributed by atoms with Gasteiger partial charge in [-0.05, 0) is 37.3 Å². The van der Waals surface area contributed by atoms with Crippen LogP contribution in [0.25, 0.3) is 0 Å². The topological polar surface area (TPSA) is 24.1 Å². The van der Waals surface area contributed by atoms with E-state index in [1.165, 1.54) is 6.07 Å². The third-order valence-electron chi connectivity index (χ3n) is 1.87. The number of nitrogens with one attached hydrogen (secondary N) is 2. The summed E-state index contributed by atoms with van der Waals surface area (Å²) in [5.74, 6) is -1.31. The zero-order valence-corrected chi connectivity index (χ0v) is 9.68. The number of hydrogen-bond acceptors (Lipinski definition) is 1. The van der Waals surface area contributed by atoms with Gasteiger partial charge in [-0.25, -0.2) is 4.39 Å². The van der Waals surface area contributed by atoms with E-state index < -0.39 is 17.6 Å². The van der Waals surface area contributed by atoms with Gasteiger partial charge in [0, 0.05) is 12.2 Å². The molecule has 1 aromatic carbocycles. The second kappa shape index (κ2) is 5.31. The van der Waals surface area contributed by atoms with Crippen LogP contribution in [0.15, 0.2) is 18.2 Å². The van der Waals surface area contributed by atoms with Crippen LogP contribution in [-0.4, -0.2) is 11.7 Å². The Hall–Kier alpha value is -1.37. The van der Waals surface area contributed by atoms with Crippen molar-refractivity contribution in [1.29, 1.82) is 0 Å². The first-order valence-electron chi connectivity index (χ1n) is 4.76. The summed E-state index contributed by atoms with van der Waals surface area (Å²) < 4.78 is 50.1. The predicted octanol–water partition coefficient (Wildman–Crippen LogP) is 3.15. The minimum Gasteiger partial charge on any atom is -0.363 e. The molecular formula is C10H10F4N2S. The Morgan fingerprint density at radius 1 is 1.35 bits per heavy atom. The number of alkyl halides is 3. The molecule has 1 rings (SSSR count). The van der Waals surface area contributed by atoms with Gasteiger partial charge < -0.3 is 10.6 Å². The van der Waals surface area contributed by atoms with Crippen molar-refractivity contribution in [3.8, 4) is 0 Å². The quantitative estimate of drug-likeness (QED) is 0.635. The van der Waals surface area contributed by atoms with Crippen LogP contribution in [0.4, 0.5) is 23.2 Å². The highest BCUT2D eigenvalue weighted by atomic mass is 32.1. The second-order valence-electron chi connectivity index (χ2n) is 3.18. The number of rotatable bonds is 2. The molecule has 0 atom stereocenters. The maximum atomic E-state index is 13.0. The largest absolute Gasteiger partial charge is 0.419 e. The molecule has 2 N–H and O–H groups in total. The third kappa shape index (κ3) is 3.85. The average Bonchev–Trinajstić information content (AvgIpc) is 2.19. The van der Waals surface area contributed by atoms with Crippen LogP contribution in [0.1, 0.15) is 12.5 Å². The van der Waals surface area contributed by atoms with Crippen LogP contribution < -0.4 is 10.6 Å². The molecule has 0 heterocycles. The standard InChI is InChI=1S/C10H10F4N2S/c1-2-15-9(17)16-6-3-4-8(11)7(5-6)10(12,13)14/h3-5H,2H2,1H3,(H2,15,16,17). The lowest BCUT2D eigenvalue weighted by Crippen LogP contribution is -2.28. The lowest BCUT2D eigenvalue weighted by molar-refractivity contribution is -0.139. The molecule has 0 aromatic heterocycles. The predicted molar refractivity (Wildman–Crippen MR) is 61.3 cm³/mol. The Labute approximate surface area is 101 Å². The molecule has 0 spiro atoms. The Morgan fingerprint density at radius 2 is 2.00 bits per heavy atom. The fourth-order valence-corrected chi connectivity index (χ4v) is 1.42. The van der Waals surface area contributed by atoms with Crippen LogP contribution in [-0.2, 0) is 6.18 Å². The monoisotopic (exact) mass is 266 g/mol. The van der Waals surface area contributed by atoms with E-state index in [1.807, 2.05) is 0 Å². The number of halogens is 4. The molecule has 0 amide bonds. The van der Waals surface area contributed by atoms with Crippen LogP contribution in [0.3, 0.4) is 0 Å².